The van der Waals surface area contributed by atoms with Crippen molar-refractivity contribution in [2.24, 2.45) is 0 Å². The van der Waals surface area contributed by atoms with Gasteiger partial charge in [-0.25, -0.2) is 0 Å². The van der Waals surface area contributed by atoms with Gasteiger partial charge in [-0.05, 0) is 44.0 Å². The van der Waals surface area contributed by atoms with E-state index in [0.29, 0.717) is 18.7 Å². The Bertz CT molecular complexity index is 430. The lowest BCUT2D eigenvalue weighted by molar-refractivity contribution is 0.0562. The van der Waals surface area contributed by atoms with Crippen molar-refractivity contribution in [3.63, 3.8) is 0 Å². The van der Waals surface area contributed by atoms with E-state index in [1.807, 2.05) is 36.1 Å². The van der Waals surface area contributed by atoms with Crippen molar-refractivity contribution < 1.29 is 14.3 Å². The molecule has 20 heavy (non-hydrogen) atoms. The molecule has 1 aliphatic rings. The molecule has 0 bridgehead atoms. The molecule has 0 spiro atoms. The quantitative estimate of drug-likeness (QED) is 0.849. The fourth-order valence-corrected chi connectivity index (χ4v) is 2.27. The third kappa shape index (κ3) is 3.97. The van der Waals surface area contributed by atoms with Crippen LogP contribution in [-0.2, 0) is 4.74 Å². The zero-order chi connectivity index (χ0) is 14.4. The molecule has 1 saturated heterocycles. The van der Waals surface area contributed by atoms with Crippen molar-refractivity contribution in [3.8, 4) is 5.75 Å². The standard InChI is InChI=1S/C16H23NO3/c1-3-10-20-15-7-5-14(6-8-15)16(18)17-9-4-11-19-13(2)12-17/h5-8,13H,3-4,9-12H2,1-2H3. The Labute approximate surface area is 120 Å². The van der Waals surface area contributed by atoms with Gasteiger partial charge in [0.1, 0.15) is 5.75 Å². The van der Waals surface area contributed by atoms with E-state index in [1.165, 1.54) is 0 Å². The summed E-state index contributed by atoms with van der Waals surface area (Å²) in [4.78, 5) is 14.3. The molecule has 110 valence electrons. The number of carbonyl (C=O) groups excluding carboxylic acids is 1. The van der Waals surface area contributed by atoms with Gasteiger partial charge in [0.05, 0.1) is 12.7 Å². The van der Waals surface area contributed by atoms with Gasteiger partial charge in [0.25, 0.3) is 5.91 Å². The Kier molecular flexibility index (Phi) is 5.41. The Morgan fingerprint density at radius 1 is 1.40 bits per heavy atom. The first kappa shape index (κ1) is 14.9. The number of rotatable bonds is 4. The van der Waals surface area contributed by atoms with Crippen LogP contribution in [0.15, 0.2) is 24.3 Å². The summed E-state index contributed by atoms with van der Waals surface area (Å²) in [7, 11) is 0. The smallest absolute Gasteiger partial charge is 0.253 e. The van der Waals surface area contributed by atoms with E-state index in [2.05, 4.69) is 6.92 Å². The fraction of sp³-hybridized carbons (Fsp3) is 0.562. The summed E-state index contributed by atoms with van der Waals surface area (Å²) < 4.78 is 11.1. The molecule has 2 rings (SSSR count). The molecule has 1 atom stereocenters. The maximum absolute atomic E-state index is 12.5. The molecule has 0 saturated carbocycles. The summed E-state index contributed by atoms with van der Waals surface area (Å²) >= 11 is 0. The van der Waals surface area contributed by atoms with Crippen molar-refractivity contribution in [3.05, 3.63) is 29.8 Å². The van der Waals surface area contributed by atoms with Gasteiger partial charge in [0, 0.05) is 25.3 Å². The summed E-state index contributed by atoms with van der Waals surface area (Å²) in [5, 5.41) is 0. The number of benzene rings is 1. The van der Waals surface area contributed by atoms with Crippen LogP contribution >= 0.6 is 0 Å². The highest BCUT2D eigenvalue weighted by Crippen LogP contribution is 2.15. The van der Waals surface area contributed by atoms with Crippen molar-refractivity contribution in [1.29, 1.82) is 0 Å². The zero-order valence-electron chi connectivity index (χ0n) is 12.3. The molecule has 1 aliphatic heterocycles. The number of ether oxygens (including phenoxy) is 2. The predicted molar refractivity (Wildman–Crippen MR) is 78.2 cm³/mol. The zero-order valence-corrected chi connectivity index (χ0v) is 12.3. The summed E-state index contributed by atoms with van der Waals surface area (Å²) in [5.41, 5.74) is 0.711. The normalized spacial score (nSPS) is 19.5. The maximum atomic E-state index is 12.5. The topological polar surface area (TPSA) is 38.8 Å². The van der Waals surface area contributed by atoms with Gasteiger partial charge in [-0.1, -0.05) is 6.92 Å². The van der Waals surface area contributed by atoms with Gasteiger partial charge in [-0.3, -0.25) is 4.79 Å². The van der Waals surface area contributed by atoms with E-state index >= 15 is 0 Å². The summed E-state index contributed by atoms with van der Waals surface area (Å²) in [6.07, 6.45) is 1.98. The highest BCUT2D eigenvalue weighted by molar-refractivity contribution is 5.94. The molecule has 0 radical (unpaired) electrons. The summed E-state index contributed by atoms with van der Waals surface area (Å²) in [6, 6.07) is 7.40. The van der Waals surface area contributed by atoms with Crippen LogP contribution in [0.3, 0.4) is 0 Å². The second-order valence-corrected chi connectivity index (χ2v) is 5.16. The van der Waals surface area contributed by atoms with Crippen LogP contribution in [-0.4, -0.2) is 43.2 Å². The van der Waals surface area contributed by atoms with Crippen LogP contribution in [0.2, 0.25) is 0 Å². The minimum Gasteiger partial charge on any atom is -0.494 e. The SMILES string of the molecule is CCCOc1ccc(C(=O)N2CCCOC(C)C2)cc1. The first-order valence-electron chi connectivity index (χ1n) is 7.34. The van der Waals surface area contributed by atoms with E-state index in [9.17, 15) is 4.79 Å². The van der Waals surface area contributed by atoms with E-state index in [1.54, 1.807) is 0 Å². The molecular formula is C16H23NO3. The van der Waals surface area contributed by atoms with E-state index in [0.717, 1.165) is 31.7 Å². The van der Waals surface area contributed by atoms with Gasteiger partial charge >= 0.3 is 0 Å². The number of hydrogen-bond donors (Lipinski definition) is 0. The monoisotopic (exact) mass is 277 g/mol. The van der Waals surface area contributed by atoms with Crippen LogP contribution in [0.25, 0.3) is 0 Å². The molecule has 4 heteroatoms. The second-order valence-electron chi connectivity index (χ2n) is 5.16. The van der Waals surface area contributed by atoms with Crippen molar-refractivity contribution >= 4 is 5.91 Å². The number of hydrogen-bond acceptors (Lipinski definition) is 3. The summed E-state index contributed by atoms with van der Waals surface area (Å²) in [6.45, 7) is 6.93. The average molecular weight is 277 g/mol. The van der Waals surface area contributed by atoms with Crippen LogP contribution in [0.5, 0.6) is 5.75 Å². The third-order valence-corrected chi connectivity index (χ3v) is 3.31. The molecule has 0 N–H and O–H groups in total. The van der Waals surface area contributed by atoms with Gasteiger partial charge < -0.3 is 14.4 Å². The van der Waals surface area contributed by atoms with Crippen LogP contribution in [0, 0.1) is 0 Å². The highest BCUT2D eigenvalue weighted by Gasteiger charge is 2.20. The Morgan fingerprint density at radius 3 is 2.85 bits per heavy atom. The highest BCUT2D eigenvalue weighted by atomic mass is 16.5. The Balaban J connectivity index is 2.00. The molecule has 1 fully saturated rings. The molecule has 4 nitrogen and oxygen atoms in total. The lowest BCUT2D eigenvalue weighted by Crippen LogP contribution is -2.35. The molecular weight excluding hydrogens is 254 g/mol. The lowest BCUT2D eigenvalue weighted by atomic mass is 10.2. The first-order valence-corrected chi connectivity index (χ1v) is 7.34. The van der Waals surface area contributed by atoms with Crippen LogP contribution < -0.4 is 4.74 Å². The Morgan fingerprint density at radius 2 is 2.15 bits per heavy atom. The maximum Gasteiger partial charge on any atom is 0.253 e. The summed E-state index contributed by atoms with van der Waals surface area (Å²) in [5.74, 6) is 0.889. The minimum atomic E-state index is 0.0735. The fourth-order valence-electron chi connectivity index (χ4n) is 2.27. The number of nitrogens with zero attached hydrogens (tertiary/aromatic N) is 1. The third-order valence-electron chi connectivity index (χ3n) is 3.31. The van der Waals surface area contributed by atoms with Crippen molar-refractivity contribution in [2.75, 3.05) is 26.3 Å². The van der Waals surface area contributed by atoms with Crippen molar-refractivity contribution in [1.82, 2.24) is 4.90 Å². The first-order chi connectivity index (χ1) is 9.70. The van der Waals surface area contributed by atoms with Crippen molar-refractivity contribution in [2.45, 2.75) is 32.8 Å². The van der Waals surface area contributed by atoms with Gasteiger partial charge in [0.2, 0.25) is 0 Å². The largest absolute Gasteiger partial charge is 0.494 e. The molecule has 1 aromatic carbocycles. The van der Waals surface area contributed by atoms with Crippen LogP contribution in [0.4, 0.5) is 0 Å². The van der Waals surface area contributed by atoms with E-state index < -0.39 is 0 Å². The van der Waals surface area contributed by atoms with Gasteiger partial charge in [-0.15, -0.1) is 0 Å². The van der Waals surface area contributed by atoms with Gasteiger partial charge in [-0.2, -0.15) is 0 Å². The number of amides is 1. The number of carbonyl (C=O) groups is 1. The molecule has 1 heterocycles. The minimum absolute atomic E-state index is 0.0735. The predicted octanol–water partition coefficient (Wildman–Crippen LogP) is 2.73. The average Bonchev–Trinajstić information content (AvgIpc) is 2.69. The molecule has 0 aliphatic carbocycles. The van der Waals surface area contributed by atoms with E-state index in [-0.39, 0.29) is 12.0 Å². The van der Waals surface area contributed by atoms with Crippen LogP contribution in [0.1, 0.15) is 37.0 Å². The molecule has 1 aromatic rings. The Hall–Kier alpha value is -1.55. The lowest BCUT2D eigenvalue weighted by Gasteiger charge is -2.22. The molecule has 1 amide bonds. The van der Waals surface area contributed by atoms with E-state index in [4.69, 9.17) is 9.47 Å². The molecule has 1 unspecified atom stereocenters. The second kappa shape index (κ2) is 7.29. The molecule has 0 aromatic heterocycles. The van der Waals surface area contributed by atoms with Gasteiger partial charge in [0.15, 0.2) is 0 Å².